The first-order valence-corrected chi connectivity index (χ1v) is 6.38. The largest absolute Gasteiger partial charge is 0.480 e. The van der Waals surface area contributed by atoms with Crippen molar-refractivity contribution in [3.8, 4) is 0 Å². The maximum atomic E-state index is 12.5. The van der Waals surface area contributed by atoms with Crippen LogP contribution in [0.4, 0.5) is 5.69 Å². The monoisotopic (exact) mass is 267 g/mol. The lowest BCUT2D eigenvalue weighted by Crippen LogP contribution is -2.26. The fraction of sp³-hybridized carbons (Fsp3) is 0.125. The van der Waals surface area contributed by atoms with Gasteiger partial charge in [-0.25, -0.2) is 4.79 Å². The molecule has 0 spiro atoms. The van der Waals surface area contributed by atoms with Gasteiger partial charge in [-0.05, 0) is 11.6 Å². The van der Waals surface area contributed by atoms with E-state index >= 15 is 0 Å². The first-order chi connectivity index (χ1) is 9.66. The number of carbonyl (C=O) groups is 2. The summed E-state index contributed by atoms with van der Waals surface area (Å²) in [6, 6.07) is 13.7. The van der Waals surface area contributed by atoms with Gasteiger partial charge >= 0.3 is 5.97 Å². The van der Waals surface area contributed by atoms with Crippen LogP contribution in [0.1, 0.15) is 21.5 Å². The summed E-state index contributed by atoms with van der Waals surface area (Å²) in [5.41, 5.74) is 2.71. The molecule has 2 N–H and O–H groups in total. The van der Waals surface area contributed by atoms with Crippen LogP contribution in [0.5, 0.6) is 0 Å². The number of fused-ring (bicyclic) bond motifs is 1. The van der Waals surface area contributed by atoms with Crippen LogP contribution in [0.2, 0.25) is 0 Å². The van der Waals surface area contributed by atoms with E-state index in [0.717, 1.165) is 11.3 Å². The van der Waals surface area contributed by atoms with E-state index in [0.29, 0.717) is 17.5 Å². The lowest BCUT2D eigenvalue weighted by atomic mass is 9.96. The van der Waals surface area contributed by atoms with E-state index in [2.05, 4.69) is 5.32 Å². The van der Waals surface area contributed by atoms with Gasteiger partial charge in [0, 0.05) is 23.2 Å². The molecular formula is C16H13NO3. The Hall–Kier alpha value is -2.62. The number of hydrogen-bond donors (Lipinski definition) is 2. The average Bonchev–Trinajstić information content (AvgIpc) is 2.91. The summed E-state index contributed by atoms with van der Waals surface area (Å²) in [6.07, 6.45) is 0.333. The van der Waals surface area contributed by atoms with Crippen LogP contribution in [0, 0.1) is 0 Å². The second-order valence-electron chi connectivity index (χ2n) is 4.77. The first kappa shape index (κ1) is 12.4. The van der Waals surface area contributed by atoms with Crippen LogP contribution < -0.4 is 5.32 Å². The quantitative estimate of drug-likeness (QED) is 0.838. The summed E-state index contributed by atoms with van der Waals surface area (Å²) >= 11 is 0. The van der Waals surface area contributed by atoms with E-state index in [1.54, 1.807) is 30.3 Å². The van der Waals surface area contributed by atoms with Gasteiger partial charge in [-0.3, -0.25) is 4.79 Å². The zero-order chi connectivity index (χ0) is 14.1. The molecule has 0 aromatic heterocycles. The lowest BCUT2D eigenvalue weighted by Gasteiger charge is -2.06. The van der Waals surface area contributed by atoms with Gasteiger partial charge in [0.15, 0.2) is 5.78 Å². The molecule has 0 bridgehead atoms. The summed E-state index contributed by atoms with van der Waals surface area (Å²) in [5, 5.41) is 12.0. The predicted molar refractivity (Wildman–Crippen MR) is 75.1 cm³/mol. The molecule has 4 nitrogen and oxygen atoms in total. The SMILES string of the molecule is O=C(c1ccccc1)c1cccc2c1CC(C(=O)O)N2. The molecule has 100 valence electrons. The van der Waals surface area contributed by atoms with Crippen molar-refractivity contribution in [3.05, 3.63) is 65.2 Å². The van der Waals surface area contributed by atoms with Crippen LogP contribution in [-0.2, 0) is 11.2 Å². The fourth-order valence-electron chi connectivity index (χ4n) is 2.49. The Morgan fingerprint density at radius 1 is 1.05 bits per heavy atom. The van der Waals surface area contributed by atoms with E-state index in [1.165, 1.54) is 0 Å². The molecule has 20 heavy (non-hydrogen) atoms. The molecule has 1 aliphatic heterocycles. The Morgan fingerprint density at radius 3 is 2.50 bits per heavy atom. The van der Waals surface area contributed by atoms with Crippen molar-refractivity contribution < 1.29 is 14.7 Å². The molecule has 3 rings (SSSR count). The van der Waals surface area contributed by atoms with Crippen LogP contribution in [0.25, 0.3) is 0 Å². The normalized spacial score (nSPS) is 16.3. The Labute approximate surface area is 116 Å². The topological polar surface area (TPSA) is 66.4 Å². The van der Waals surface area contributed by atoms with Crippen molar-refractivity contribution in [2.24, 2.45) is 0 Å². The van der Waals surface area contributed by atoms with Crippen molar-refractivity contribution >= 4 is 17.4 Å². The van der Waals surface area contributed by atoms with Crippen molar-refractivity contribution in [2.75, 3.05) is 5.32 Å². The van der Waals surface area contributed by atoms with Gasteiger partial charge in [0.2, 0.25) is 0 Å². The Balaban J connectivity index is 2.00. The van der Waals surface area contributed by atoms with Gasteiger partial charge < -0.3 is 10.4 Å². The predicted octanol–water partition coefficient (Wildman–Crippen LogP) is 2.34. The second kappa shape index (κ2) is 4.81. The summed E-state index contributed by atoms with van der Waals surface area (Å²) in [5.74, 6) is -0.977. The molecule has 1 aliphatic rings. The van der Waals surface area contributed by atoms with E-state index < -0.39 is 12.0 Å². The number of nitrogens with one attached hydrogen (secondary N) is 1. The molecule has 1 heterocycles. The van der Waals surface area contributed by atoms with Crippen LogP contribution in [-0.4, -0.2) is 22.9 Å². The van der Waals surface area contributed by atoms with Crippen LogP contribution in [0.15, 0.2) is 48.5 Å². The smallest absolute Gasteiger partial charge is 0.326 e. The number of aliphatic carboxylic acids is 1. The van der Waals surface area contributed by atoms with E-state index in [4.69, 9.17) is 5.11 Å². The highest BCUT2D eigenvalue weighted by atomic mass is 16.4. The fourth-order valence-corrected chi connectivity index (χ4v) is 2.49. The minimum Gasteiger partial charge on any atom is -0.480 e. The first-order valence-electron chi connectivity index (χ1n) is 6.38. The number of carboxylic acid groups (broad SMARTS) is 1. The number of rotatable bonds is 3. The second-order valence-corrected chi connectivity index (χ2v) is 4.77. The minimum atomic E-state index is -0.903. The summed E-state index contributed by atoms with van der Waals surface area (Å²) < 4.78 is 0. The van der Waals surface area contributed by atoms with E-state index in [9.17, 15) is 9.59 Å². The van der Waals surface area contributed by atoms with Crippen molar-refractivity contribution in [2.45, 2.75) is 12.5 Å². The van der Waals surface area contributed by atoms with Crippen molar-refractivity contribution in [1.29, 1.82) is 0 Å². The van der Waals surface area contributed by atoms with Gasteiger partial charge in [0.05, 0.1) is 0 Å². The van der Waals surface area contributed by atoms with Crippen LogP contribution in [0.3, 0.4) is 0 Å². The molecule has 2 aromatic rings. The highest BCUT2D eigenvalue weighted by molar-refractivity contribution is 6.11. The molecular weight excluding hydrogens is 254 g/mol. The highest BCUT2D eigenvalue weighted by Crippen LogP contribution is 2.30. The van der Waals surface area contributed by atoms with E-state index in [-0.39, 0.29) is 5.78 Å². The zero-order valence-corrected chi connectivity index (χ0v) is 10.7. The van der Waals surface area contributed by atoms with Crippen molar-refractivity contribution in [3.63, 3.8) is 0 Å². The molecule has 0 saturated carbocycles. The Kier molecular flexibility index (Phi) is 2.99. The maximum absolute atomic E-state index is 12.5. The molecule has 2 aromatic carbocycles. The molecule has 0 aliphatic carbocycles. The number of hydrogen-bond acceptors (Lipinski definition) is 3. The Bertz CT molecular complexity index is 679. The van der Waals surface area contributed by atoms with Crippen LogP contribution >= 0.6 is 0 Å². The molecule has 0 fully saturated rings. The number of carbonyl (C=O) groups excluding carboxylic acids is 1. The molecule has 0 saturated heterocycles. The molecule has 1 unspecified atom stereocenters. The summed E-state index contributed by atoms with van der Waals surface area (Å²) in [6.45, 7) is 0. The molecule has 1 atom stereocenters. The number of benzene rings is 2. The maximum Gasteiger partial charge on any atom is 0.326 e. The van der Waals surface area contributed by atoms with Crippen molar-refractivity contribution in [1.82, 2.24) is 0 Å². The van der Waals surface area contributed by atoms with Gasteiger partial charge in [-0.2, -0.15) is 0 Å². The molecule has 0 radical (unpaired) electrons. The number of carboxylic acids is 1. The van der Waals surface area contributed by atoms with Gasteiger partial charge in [0.25, 0.3) is 0 Å². The summed E-state index contributed by atoms with van der Waals surface area (Å²) in [4.78, 5) is 23.6. The minimum absolute atomic E-state index is 0.0738. The molecule has 0 amide bonds. The third-order valence-electron chi connectivity index (χ3n) is 3.49. The van der Waals surface area contributed by atoms with E-state index in [1.807, 2.05) is 18.2 Å². The third kappa shape index (κ3) is 2.05. The summed E-state index contributed by atoms with van der Waals surface area (Å²) in [7, 11) is 0. The van der Waals surface area contributed by atoms with Gasteiger partial charge in [-0.1, -0.05) is 42.5 Å². The number of ketones is 1. The zero-order valence-electron chi connectivity index (χ0n) is 10.7. The standard InChI is InChI=1S/C16H13NO3/c18-15(10-5-2-1-3-6-10)11-7-4-8-13-12(11)9-14(17-13)16(19)20/h1-8,14,17H,9H2,(H,19,20). The highest BCUT2D eigenvalue weighted by Gasteiger charge is 2.29. The molecule has 4 heteroatoms. The third-order valence-corrected chi connectivity index (χ3v) is 3.49. The van der Waals surface area contributed by atoms with Gasteiger partial charge in [0.1, 0.15) is 6.04 Å². The van der Waals surface area contributed by atoms with Gasteiger partial charge in [-0.15, -0.1) is 0 Å². The average molecular weight is 267 g/mol. The number of anilines is 1. The lowest BCUT2D eigenvalue weighted by molar-refractivity contribution is -0.137. The Morgan fingerprint density at radius 2 is 1.80 bits per heavy atom.